The fourth-order valence-electron chi connectivity index (χ4n) is 1.14. The number of thioether (sulfide) groups is 1. The van der Waals surface area contributed by atoms with Gasteiger partial charge in [-0.2, -0.15) is 11.8 Å². The number of nitro groups is 1. The van der Waals surface area contributed by atoms with Crippen LogP contribution in [0.1, 0.15) is 11.8 Å². The van der Waals surface area contributed by atoms with Crippen LogP contribution in [0.5, 0.6) is 0 Å². The Kier molecular flexibility index (Phi) is 5.07. The van der Waals surface area contributed by atoms with E-state index in [0.717, 1.165) is 10.6 Å². The van der Waals surface area contributed by atoms with E-state index in [-0.39, 0.29) is 9.92 Å². The van der Waals surface area contributed by atoms with Crippen LogP contribution in [-0.2, 0) is 6.54 Å². The van der Waals surface area contributed by atoms with Gasteiger partial charge >= 0.3 is 5.00 Å². The first-order valence-corrected chi connectivity index (χ1v) is 6.80. The molecule has 0 aliphatic rings. The Morgan fingerprint density at radius 2 is 2.40 bits per heavy atom. The summed E-state index contributed by atoms with van der Waals surface area (Å²) in [7, 11) is 0. The van der Waals surface area contributed by atoms with Gasteiger partial charge in [0.15, 0.2) is 0 Å². The van der Waals surface area contributed by atoms with Crippen LogP contribution >= 0.6 is 23.1 Å². The van der Waals surface area contributed by atoms with Gasteiger partial charge in [-0.05, 0) is 19.2 Å². The maximum atomic E-state index is 10.4. The van der Waals surface area contributed by atoms with Crippen LogP contribution in [0, 0.1) is 10.1 Å². The lowest BCUT2D eigenvalue weighted by Crippen LogP contribution is -2.27. The largest absolute Gasteiger partial charge is 0.324 e. The van der Waals surface area contributed by atoms with Crippen LogP contribution in [0.2, 0.25) is 0 Å². The minimum Gasteiger partial charge on any atom is -0.309 e. The Morgan fingerprint density at radius 3 is 2.93 bits per heavy atom. The Morgan fingerprint density at radius 1 is 1.67 bits per heavy atom. The molecular weight excluding hydrogens is 232 g/mol. The topological polar surface area (TPSA) is 55.2 Å². The van der Waals surface area contributed by atoms with Gasteiger partial charge in [-0.15, -0.1) is 0 Å². The quantitative estimate of drug-likeness (QED) is 0.619. The fourth-order valence-corrected chi connectivity index (χ4v) is 2.53. The van der Waals surface area contributed by atoms with Gasteiger partial charge < -0.3 is 5.32 Å². The third-order valence-electron chi connectivity index (χ3n) is 1.87. The van der Waals surface area contributed by atoms with E-state index in [4.69, 9.17) is 0 Å². The first-order valence-electron chi connectivity index (χ1n) is 4.59. The second-order valence-corrected chi connectivity index (χ2v) is 5.29. The van der Waals surface area contributed by atoms with Crippen molar-refractivity contribution < 1.29 is 4.92 Å². The minimum atomic E-state index is -0.348. The normalized spacial score (nSPS) is 12.7. The molecule has 84 valence electrons. The molecule has 0 fully saturated rings. The summed E-state index contributed by atoms with van der Waals surface area (Å²) in [6.45, 7) is 2.82. The summed E-state index contributed by atoms with van der Waals surface area (Å²) in [6, 6.07) is 3.80. The van der Waals surface area contributed by atoms with E-state index in [1.807, 2.05) is 6.07 Å². The van der Waals surface area contributed by atoms with Crippen molar-refractivity contribution in [3.8, 4) is 0 Å². The highest BCUT2D eigenvalue weighted by Crippen LogP contribution is 2.23. The van der Waals surface area contributed by atoms with Crippen molar-refractivity contribution in [1.82, 2.24) is 5.32 Å². The number of hydrogen-bond donors (Lipinski definition) is 1. The molecule has 6 heteroatoms. The molecule has 1 N–H and O–H groups in total. The van der Waals surface area contributed by atoms with E-state index in [2.05, 4.69) is 18.5 Å². The van der Waals surface area contributed by atoms with Crippen LogP contribution in [0.3, 0.4) is 0 Å². The first-order chi connectivity index (χ1) is 7.13. The van der Waals surface area contributed by atoms with Crippen molar-refractivity contribution in [2.24, 2.45) is 0 Å². The zero-order chi connectivity index (χ0) is 11.3. The summed E-state index contributed by atoms with van der Waals surface area (Å²) < 4.78 is 0. The molecule has 1 heterocycles. The van der Waals surface area contributed by atoms with Crippen molar-refractivity contribution in [3.63, 3.8) is 0 Å². The molecule has 1 rings (SSSR count). The molecule has 0 aliphatic carbocycles. The molecule has 0 amide bonds. The molecular formula is C9H14N2O2S2. The number of nitrogens with zero attached hydrogens (tertiary/aromatic N) is 1. The molecule has 0 radical (unpaired) electrons. The lowest BCUT2D eigenvalue weighted by Gasteiger charge is -2.10. The molecule has 1 aromatic rings. The third kappa shape index (κ3) is 4.19. The predicted octanol–water partition coefficient (Wildman–Crippen LogP) is 2.50. The molecule has 0 saturated carbocycles. The van der Waals surface area contributed by atoms with Crippen molar-refractivity contribution in [2.75, 3.05) is 12.0 Å². The Labute approximate surface area is 97.2 Å². The second-order valence-electron chi connectivity index (χ2n) is 3.23. The van der Waals surface area contributed by atoms with Gasteiger partial charge in [0, 0.05) is 29.3 Å². The molecule has 0 aliphatic heterocycles. The summed E-state index contributed by atoms with van der Waals surface area (Å²) in [5, 5.41) is 14.0. The van der Waals surface area contributed by atoms with Gasteiger partial charge in [0.05, 0.1) is 4.92 Å². The molecule has 0 aromatic carbocycles. The lowest BCUT2D eigenvalue weighted by molar-refractivity contribution is -0.380. The number of nitrogens with one attached hydrogen (secondary N) is 1. The minimum absolute atomic E-state index is 0.212. The van der Waals surface area contributed by atoms with E-state index in [1.54, 1.807) is 17.8 Å². The maximum absolute atomic E-state index is 10.4. The van der Waals surface area contributed by atoms with Crippen LogP contribution in [-0.4, -0.2) is 23.0 Å². The summed E-state index contributed by atoms with van der Waals surface area (Å²) >= 11 is 3.02. The van der Waals surface area contributed by atoms with Crippen LogP contribution < -0.4 is 5.32 Å². The van der Waals surface area contributed by atoms with Crippen molar-refractivity contribution in [2.45, 2.75) is 19.5 Å². The average Bonchev–Trinajstić information content (AvgIpc) is 2.63. The van der Waals surface area contributed by atoms with Gasteiger partial charge in [-0.1, -0.05) is 11.3 Å². The van der Waals surface area contributed by atoms with Crippen LogP contribution in [0.15, 0.2) is 12.1 Å². The average molecular weight is 246 g/mol. The SMILES string of the molecule is CSCC(C)NCc1ccc([N+](=O)[O-])s1. The van der Waals surface area contributed by atoms with Crippen molar-refractivity contribution in [3.05, 3.63) is 27.1 Å². The van der Waals surface area contributed by atoms with Crippen LogP contribution in [0.25, 0.3) is 0 Å². The third-order valence-corrected chi connectivity index (χ3v) is 3.74. The molecule has 1 unspecified atom stereocenters. The standard InChI is InChI=1S/C9H14N2O2S2/c1-7(6-14-2)10-5-8-3-4-9(15-8)11(12)13/h3-4,7,10H,5-6H2,1-2H3. The number of thiophene rings is 1. The number of hydrogen-bond acceptors (Lipinski definition) is 5. The van der Waals surface area contributed by atoms with E-state index in [1.165, 1.54) is 11.3 Å². The smallest absolute Gasteiger partial charge is 0.309 e. The molecule has 0 bridgehead atoms. The molecule has 15 heavy (non-hydrogen) atoms. The Bertz CT molecular complexity index is 328. The fraction of sp³-hybridized carbons (Fsp3) is 0.556. The molecule has 1 aromatic heterocycles. The zero-order valence-corrected chi connectivity index (χ0v) is 10.4. The molecule has 0 spiro atoms. The molecule has 4 nitrogen and oxygen atoms in total. The summed E-state index contributed by atoms with van der Waals surface area (Å²) in [5.41, 5.74) is 0. The second kappa shape index (κ2) is 6.09. The van der Waals surface area contributed by atoms with Crippen LogP contribution in [0.4, 0.5) is 5.00 Å². The van der Waals surface area contributed by atoms with Crippen molar-refractivity contribution in [1.29, 1.82) is 0 Å². The van der Waals surface area contributed by atoms with E-state index < -0.39 is 0 Å². The Balaban J connectivity index is 2.40. The van der Waals surface area contributed by atoms with Gasteiger partial charge in [0.1, 0.15) is 0 Å². The maximum Gasteiger partial charge on any atom is 0.324 e. The Hall–Kier alpha value is -0.590. The van der Waals surface area contributed by atoms with E-state index in [0.29, 0.717) is 12.6 Å². The highest BCUT2D eigenvalue weighted by molar-refractivity contribution is 7.98. The summed E-state index contributed by atoms with van der Waals surface area (Å²) in [6.07, 6.45) is 2.06. The van der Waals surface area contributed by atoms with E-state index >= 15 is 0 Å². The van der Waals surface area contributed by atoms with Gasteiger partial charge in [0.2, 0.25) is 0 Å². The van der Waals surface area contributed by atoms with Gasteiger partial charge in [-0.25, -0.2) is 0 Å². The highest BCUT2D eigenvalue weighted by Gasteiger charge is 2.09. The van der Waals surface area contributed by atoms with Crippen molar-refractivity contribution >= 4 is 28.1 Å². The lowest BCUT2D eigenvalue weighted by atomic mass is 10.3. The number of rotatable bonds is 6. The molecule has 0 saturated heterocycles. The summed E-state index contributed by atoms with van der Waals surface area (Å²) in [4.78, 5) is 11.1. The van der Waals surface area contributed by atoms with Gasteiger partial charge in [0.25, 0.3) is 0 Å². The monoisotopic (exact) mass is 246 g/mol. The highest BCUT2D eigenvalue weighted by atomic mass is 32.2. The summed E-state index contributed by atoms with van der Waals surface area (Å²) in [5.74, 6) is 1.05. The van der Waals surface area contributed by atoms with E-state index in [9.17, 15) is 10.1 Å². The predicted molar refractivity (Wildman–Crippen MR) is 65.7 cm³/mol. The van der Waals surface area contributed by atoms with Gasteiger partial charge in [-0.3, -0.25) is 10.1 Å². The first kappa shape index (κ1) is 12.5. The zero-order valence-electron chi connectivity index (χ0n) is 8.73. The molecule has 1 atom stereocenters.